The van der Waals surface area contributed by atoms with Crippen molar-refractivity contribution in [2.24, 2.45) is 5.10 Å². The maximum absolute atomic E-state index is 13.2. The number of carboxylic acid groups (broad SMARTS) is 1. The molecule has 1 aromatic heterocycles. The van der Waals surface area contributed by atoms with Gasteiger partial charge < -0.3 is 14.6 Å². The Kier molecular flexibility index (Phi) is 8.30. The van der Waals surface area contributed by atoms with Gasteiger partial charge in [-0.05, 0) is 60.5 Å². The number of aromatic carboxylic acids is 1. The van der Waals surface area contributed by atoms with Crippen molar-refractivity contribution in [2.75, 3.05) is 6.61 Å². The van der Waals surface area contributed by atoms with Crippen molar-refractivity contribution in [3.63, 3.8) is 0 Å². The number of carbonyl (C=O) groups is 2. The lowest BCUT2D eigenvalue weighted by Gasteiger charge is -2.13. The van der Waals surface area contributed by atoms with Crippen molar-refractivity contribution >= 4 is 29.0 Å². The second kappa shape index (κ2) is 12.6. The second-order valence-corrected chi connectivity index (χ2v) is 9.07. The molecular weight excluding hydrogens is 518 g/mol. The van der Waals surface area contributed by atoms with Crippen LogP contribution in [0.5, 0.6) is 11.5 Å². The molecule has 1 amide bonds. The Morgan fingerprint density at radius 3 is 2.39 bits per heavy atom. The number of hydrogen-bond acceptors (Lipinski definition) is 6. The van der Waals surface area contributed by atoms with E-state index >= 15 is 0 Å². The summed E-state index contributed by atoms with van der Waals surface area (Å²) in [7, 11) is 0. The van der Waals surface area contributed by atoms with Gasteiger partial charge in [-0.1, -0.05) is 60.7 Å². The van der Waals surface area contributed by atoms with E-state index in [1.165, 1.54) is 18.3 Å². The summed E-state index contributed by atoms with van der Waals surface area (Å²) in [5.41, 5.74) is 7.19. The Bertz CT molecular complexity index is 1720. The predicted octanol–water partition coefficient (Wildman–Crippen LogP) is 6.34. The summed E-state index contributed by atoms with van der Waals surface area (Å²) in [4.78, 5) is 29.0. The highest BCUT2D eigenvalue weighted by atomic mass is 16.5. The molecule has 2 N–H and O–H groups in total. The maximum atomic E-state index is 13.2. The largest absolute Gasteiger partial charge is 0.490 e. The maximum Gasteiger partial charge on any atom is 0.335 e. The summed E-state index contributed by atoms with van der Waals surface area (Å²) in [6, 6.07) is 30.8. The number of hydrogen-bond donors (Lipinski definition) is 2. The van der Waals surface area contributed by atoms with Gasteiger partial charge in [0, 0.05) is 10.9 Å². The van der Waals surface area contributed by atoms with Crippen LogP contribution in [0.3, 0.4) is 0 Å². The topological polar surface area (TPSA) is 110 Å². The van der Waals surface area contributed by atoms with Crippen LogP contribution < -0.4 is 14.9 Å². The van der Waals surface area contributed by atoms with Gasteiger partial charge >= 0.3 is 5.97 Å². The van der Waals surface area contributed by atoms with Crippen LogP contribution >= 0.6 is 0 Å². The van der Waals surface area contributed by atoms with Crippen molar-refractivity contribution in [2.45, 2.75) is 13.5 Å². The van der Waals surface area contributed by atoms with E-state index in [2.05, 4.69) is 10.5 Å². The average molecular weight is 546 g/mol. The van der Waals surface area contributed by atoms with E-state index < -0.39 is 5.97 Å². The SMILES string of the molecule is CCOc1cc(/C=N/NC(=O)c2cc(-c3ccccc3)nc3ccccc23)ccc1OCc1ccc(C(=O)O)cc1. The summed E-state index contributed by atoms with van der Waals surface area (Å²) >= 11 is 0. The number of carboxylic acids is 1. The van der Waals surface area contributed by atoms with Gasteiger partial charge in [0.15, 0.2) is 11.5 Å². The lowest BCUT2D eigenvalue weighted by molar-refractivity contribution is 0.0696. The number of pyridine rings is 1. The molecule has 4 aromatic carbocycles. The van der Waals surface area contributed by atoms with Crippen LogP contribution in [0.15, 0.2) is 108 Å². The van der Waals surface area contributed by atoms with Crippen molar-refractivity contribution in [3.05, 3.63) is 125 Å². The number of amides is 1. The zero-order valence-corrected chi connectivity index (χ0v) is 22.3. The fraction of sp³-hybridized carbons (Fsp3) is 0.0909. The standard InChI is InChI=1S/C33H27N3O5/c1-2-40-31-18-23(14-17-30(31)41-21-22-12-15-25(16-13-22)33(38)39)20-34-36-32(37)27-19-29(24-8-4-3-5-9-24)35-28-11-7-6-10-26(27)28/h3-20H,2,21H2,1H3,(H,36,37)(H,38,39)/b34-20+. The predicted molar refractivity (Wildman–Crippen MR) is 158 cm³/mol. The third-order valence-corrected chi connectivity index (χ3v) is 6.27. The first-order valence-electron chi connectivity index (χ1n) is 13.0. The van der Waals surface area contributed by atoms with Gasteiger partial charge in [-0.2, -0.15) is 5.10 Å². The fourth-order valence-electron chi connectivity index (χ4n) is 4.24. The molecule has 8 nitrogen and oxygen atoms in total. The first-order chi connectivity index (χ1) is 20.0. The van der Waals surface area contributed by atoms with Crippen LogP contribution in [0, 0.1) is 0 Å². The van der Waals surface area contributed by atoms with Gasteiger partial charge in [-0.15, -0.1) is 0 Å². The van der Waals surface area contributed by atoms with Crippen molar-refractivity contribution in [3.8, 4) is 22.8 Å². The molecule has 204 valence electrons. The van der Waals surface area contributed by atoms with Gasteiger partial charge in [0.2, 0.25) is 0 Å². The number of nitrogens with zero attached hydrogens (tertiary/aromatic N) is 2. The molecule has 1 heterocycles. The summed E-state index contributed by atoms with van der Waals surface area (Å²) in [5, 5.41) is 14.0. The molecular formula is C33H27N3O5. The Labute approximate surface area is 236 Å². The Morgan fingerprint density at radius 2 is 1.63 bits per heavy atom. The molecule has 0 fully saturated rings. The van der Waals surface area contributed by atoms with Crippen LogP contribution in [-0.4, -0.2) is 34.8 Å². The number of fused-ring (bicyclic) bond motifs is 1. The molecule has 0 bridgehead atoms. The van der Waals surface area contributed by atoms with Gasteiger partial charge in [-0.25, -0.2) is 15.2 Å². The highest BCUT2D eigenvalue weighted by Crippen LogP contribution is 2.29. The van der Waals surface area contributed by atoms with E-state index in [1.807, 2.05) is 61.5 Å². The second-order valence-electron chi connectivity index (χ2n) is 9.07. The van der Waals surface area contributed by atoms with Gasteiger partial charge in [0.05, 0.1) is 35.2 Å². The Hall–Kier alpha value is -5.50. The van der Waals surface area contributed by atoms with Gasteiger partial charge in [0.1, 0.15) is 6.61 Å². The van der Waals surface area contributed by atoms with Crippen LogP contribution in [0.25, 0.3) is 22.2 Å². The Morgan fingerprint density at radius 1 is 0.878 bits per heavy atom. The lowest BCUT2D eigenvalue weighted by Crippen LogP contribution is -2.18. The number of hydrazone groups is 1. The molecule has 8 heteroatoms. The van der Waals surface area contributed by atoms with E-state index in [4.69, 9.17) is 19.6 Å². The molecule has 0 radical (unpaired) electrons. The summed E-state index contributed by atoms with van der Waals surface area (Å²) < 4.78 is 11.7. The summed E-state index contributed by atoms with van der Waals surface area (Å²) in [5.74, 6) is -0.267. The minimum atomic E-state index is -0.976. The minimum absolute atomic E-state index is 0.216. The first-order valence-corrected chi connectivity index (χ1v) is 13.0. The number of para-hydroxylation sites is 1. The third kappa shape index (κ3) is 6.57. The lowest BCUT2D eigenvalue weighted by atomic mass is 10.0. The normalized spacial score (nSPS) is 11.0. The number of aromatic nitrogens is 1. The van der Waals surface area contributed by atoms with Crippen LogP contribution in [0.2, 0.25) is 0 Å². The average Bonchev–Trinajstić information content (AvgIpc) is 3.01. The van der Waals surface area contributed by atoms with E-state index in [1.54, 1.807) is 36.4 Å². The van der Waals surface area contributed by atoms with Gasteiger partial charge in [-0.3, -0.25) is 4.79 Å². The first kappa shape index (κ1) is 27.1. The van der Waals surface area contributed by atoms with Crippen LogP contribution in [-0.2, 0) is 6.61 Å². The molecule has 41 heavy (non-hydrogen) atoms. The van der Waals surface area contributed by atoms with Crippen molar-refractivity contribution in [1.29, 1.82) is 0 Å². The van der Waals surface area contributed by atoms with E-state index in [0.717, 1.165) is 22.0 Å². The number of benzene rings is 4. The van der Waals surface area contributed by atoms with Gasteiger partial charge in [0.25, 0.3) is 5.91 Å². The van der Waals surface area contributed by atoms with Crippen molar-refractivity contribution in [1.82, 2.24) is 10.4 Å². The van der Waals surface area contributed by atoms with Crippen LogP contribution in [0.4, 0.5) is 0 Å². The monoisotopic (exact) mass is 545 g/mol. The fourth-order valence-corrected chi connectivity index (χ4v) is 4.24. The highest BCUT2D eigenvalue weighted by Gasteiger charge is 2.14. The molecule has 0 unspecified atom stereocenters. The third-order valence-electron chi connectivity index (χ3n) is 6.27. The molecule has 0 aliphatic rings. The molecule has 0 aliphatic carbocycles. The number of carbonyl (C=O) groups excluding carboxylic acids is 1. The molecule has 0 atom stereocenters. The zero-order chi connectivity index (χ0) is 28.6. The molecule has 0 spiro atoms. The zero-order valence-electron chi connectivity index (χ0n) is 22.3. The molecule has 5 rings (SSSR count). The van der Waals surface area contributed by atoms with E-state index in [0.29, 0.717) is 34.9 Å². The summed E-state index contributed by atoms with van der Waals surface area (Å²) in [6.07, 6.45) is 1.54. The summed E-state index contributed by atoms with van der Waals surface area (Å²) in [6.45, 7) is 2.55. The smallest absolute Gasteiger partial charge is 0.335 e. The number of nitrogens with one attached hydrogen (secondary N) is 1. The molecule has 5 aromatic rings. The van der Waals surface area contributed by atoms with Crippen LogP contribution in [0.1, 0.15) is 38.8 Å². The number of ether oxygens (including phenoxy) is 2. The van der Waals surface area contributed by atoms with E-state index in [-0.39, 0.29) is 18.1 Å². The highest BCUT2D eigenvalue weighted by molar-refractivity contribution is 6.07. The minimum Gasteiger partial charge on any atom is -0.490 e. The Balaban J connectivity index is 1.31. The molecule has 0 saturated heterocycles. The number of rotatable bonds is 10. The van der Waals surface area contributed by atoms with Crippen molar-refractivity contribution < 1.29 is 24.2 Å². The quantitative estimate of drug-likeness (QED) is 0.157. The molecule has 0 aliphatic heterocycles. The van der Waals surface area contributed by atoms with E-state index in [9.17, 15) is 9.59 Å². The molecule has 0 saturated carbocycles.